The number of carboxylic acids is 1. The Morgan fingerprint density at radius 1 is 1.32 bits per heavy atom. The number of carbonyl (C=O) groups is 2. The number of amides is 1. The molecule has 1 saturated heterocycles. The van der Waals surface area contributed by atoms with E-state index in [4.69, 9.17) is 5.11 Å². The smallest absolute Gasteiger partial charge is 0.303 e. The minimum atomic E-state index is -3.39. The maximum Gasteiger partial charge on any atom is 0.303 e. The Hall–Kier alpha value is -1.15. The van der Waals surface area contributed by atoms with E-state index in [1.165, 1.54) is 9.21 Å². The lowest BCUT2D eigenvalue weighted by molar-refractivity contribution is -0.138. The fourth-order valence-electron chi connectivity index (χ4n) is 2.60. The van der Waals surface area contributed by atoms with Crippen molar-refractivity contribution < 1.29 is 23.1 Å². The summed E-state index contributed by atoms with van der Waals surface area (Å²) >= 11 is 0. The molecule has 1 heterocycles. The highest BCUT2D eigenvalue weighted by atomic mass is 32.2. The van der Waals surface area contributed by atoms with E-state index in [2.05, 4.69) is 0 Å². The van der Waals surface area contributed by atoms with Crippen molar-refractivity contribution in [1.82, 2.24) is 9.21 Å². The first-order chi connectivity index (χ1) is 10.3. The standard InChI is InChI=1S/C14H26N2O5S/c1-3-4-11-22(20,21)16-10-5-7-12(16)14(19)15(2)9-6-8-13(17)18/h12H,3-11H2,1-2H3,(H,17,18). The highest BCUT2D eigenvalue weighted by molar-refractivity contribution is 7.89. The number of carboxylic acid groups (broad SMARTS) is 1. The molecule has 1 amide bonds. The Kier molecular flexibility index (Phi) is 7.28. The molecule has 128 valence electrons. The fourth-order valence-corrected chi connectivity index (χ4v) is 4.47. The van der Waals surface area contributed by atoms with Crippen molar-refractivity contribution in [1.29, 1.82) is 0 Å². The number of likely N-dealkylation sites (N-methyl/N-ethyl adjacent to an activating group) is 1. The zero-order valence-electron chi connectivity index (χ0n) is 13.3. The molecule has 0 aliphatic carbocycles. The summed E-state index contributed by atoms with van der Waals surface area (Å²) in [5.74, 6) is -1.05. The second-order valence-corrected chi connectivity index (χ2v) is 7.74. The predicted octanol–water partition coefficient (Wildman–Crippen LogP) is 0.904. The van der Waals surface area contributed by atoms with Gasteiger partial charge in [-0.15, -0.1) is 0 Å². The Balaban J connectivity index is 2.65. The molecule has 22 heavy (non-hydrogen) atoms. The Bertz CT molecular complexity index is 491. The van der Waals surface area contributed by atoms with Crippen LogP contribution in [0.15, 0.2) is 0 Å². The molecular weight excluding hydrogens is 308 g/mol. The van der Waals surface area contributed by atoms with Crippen LogP contribution in [0.5, 0.6) is 0 Å². The van der Waals surface area contributed by atoms with Crippen LogP contribution in [-0.4, -0.2) is 66.5 Å². The van der Waals surface area contributed by atoms with Crippen LogP contribution >= 0.6 is 0 Å². The lowest BCUT2D eigenvalue weighted by Gasteiger charge is -2.27. The van der Waals surface area contributed by atoms with Gasteiger partial charge in [-0.3, -0.25) is 9.59 Å². The summed E-state index contributed by atoms with van der Waals surface area (Å²) in [5.41, 5.74) is 0. The molecule has 1 N–H and O–H groups in total. The topological polar surface area (TPSA) is 95.0 Å². The number of nitrogens with zero attached hydrogens (tertiary/aromatic N) is 2. The quantitative estimate of drug-likeness (QED) is 0.676. The molecule has 0 aromatic carbocycles. The molecule has 0 aromatic rings. The summed E-state index contributed by atoms with van der Waals surface area (Å²) in [7, 11) is -1.80. The average molecular weight is 334 g/mol. The molecule has 1 unspecified atom stereocenters. The fraction of sp³-hybridized carbons (Fsp3) is 0.857. The molecule has 8 heteroatoms. The Labute approximate surface area is 132 Å². The lowest BCUT2D eigenvalue weighted by Crippen LogP contribution is -2.47. The third kappa shape index (κ3) is 5.24. The Morgan fingerprint density at radius 2 is 2.00 bits per heavy atom. The number of hydrogen-bond donors (Lipinski definition) is 1. The highest BCUT2D eigenvalue weighted by Crippen LogP contribution is 2.23. The lowest BCUT2D eigenvalue weighted by atomic mass is 10.2. The van der Waals surface area contributed by atoms with Crippen LogP contribution in [0.4, 0.5) is 0 Å². The summed E-state index contributed by atoms with van der Waals surface area (Å²) in [6, 6.07) is -0.628. The first-order valence-electron chi connectivity index (χ1n) is 7.76. The van der Waals surface area contributed by atoms with Crippen LogP contribution in [0.3, 0.4) is 0 Å². The SMILES string of the molecule is CCCCS(=O)(=O)N1CCCC1C(=O)N(C)CCCC(=O)O. The monoisotopic (exact) mass is 334 g/mol. The molecule has 0 radical (unpaired) electrons. The number of hydrogen-bond acceptors (Lipinski definition) is 4. The molecule has 7 nitrogen and oxygen atoms in total. The van der Waals surface area contributed by atoms with Gasteiger partial charge < -0.3 is 10.0 Å². The summed E-state index contributed by atoms with van der Waals surface area (Å²) in [5, 5.41) is 8.62. The zero-order valence-corrected chi connectivity index (χ0v) is 14.1. The number of aliphatic carboxylic acids is 1. The van der Waals surface area contributed by atoms with Gasteiger partial charge in [0, 0.05) is 26.6 Å². The minimum absolute atomic E-state index is 0.000793. The number of carbonyl (C=O) groups excluding carboxylic acids is 1. The third-order valence-corrected chi connectivity index (χ3v) is 5.82. The van der Waals surface area contributed by atoms with E-state index in [1.54, 1.807) is 7.05 Å². The second-order valence-electron chi connectivity index (χ2n) is 5.70. The summed E-state index contributed by atoms with van der Waals surface area (Å²) < 4.78 is 26.0. The van der Waals surface area contributed by atoms with Gasteiger partial charge in [0.1, 0.15) is 6.04 Å². The second kappa shape index (κ2) is 8.47. The number of unbranched alkanes of at least 4 members (excludes halogenated alkanes) is 1. The van der Waals surface area contributed by atoms with E-state index in [9.17, 15) is 18.0 Å². The van der Waals surface area contributed by atoms with Crippen LogP contribution in [0.2, 0.25) is 0 Å². The van der Waals surface area contributed by atoms with Gasteiger partial charge in [-0.2, -0.15) is 4.31 Å². The van der Waals surface area contributed by atoms with Crippen molar-refractivity contribution in [3.8, 4) is 0 Å². The van der Waals surface area contributed by atoms with E-state index in [0.29, 0.717) is 38.8 Å². The molecule has 0 aromatic heterocycles. The largest absolute Gasteiger partial charge is 0.481 e. The van der Waals surface area contributed by atoms with Crippen molar-refractivity contribution in [2.75, 3.05) is 25.9 Å². The molecule has 1 atom stereocenters. The number of rotatable bonds is 9. The van der Waals surface area contributed by atoms with Crippen LogP contribution in [0.1, 0.15) is 45.4 Å². The van der Waals surface area contributed by atoms with Crippen LogP contribution in [0.25, 0.3) is 0 Å². The molecule has 0 bridgehead atoms. The van der Waals surface area contributed by atoms with E-state index in [-0.39, 0.29) is 18.1 Å². The summed E-state index contributed by atoms with van der Waals surface area (Å²) in [6.07, 6.45) is 2.97. The molecule has 1 aliphatic rings. The minimum Gasteiger partial charge on any atom is -0.481 e. The zero-order chi connectivity index (χ0) is 16.8. The van der Waals surface area contributed by atoms with Gasteiger partial charge in [-0.1, -0.05) is 13.3 Å². The molecule has 0 spiro atoms. The third-order valence-electron chi connectivity index (χ3n) is 3.86. The van der Waals surface area contributed by atoms with Gasteiger partial charge in [0.15, 0.2) is 0 Å². The van der Waals surface area contributed by atoms with Crippen molar-refractivity contribution in [3.63, 3.8) is 0 Å². The highest BCUT2D eigenvalue weighted by Gasteiger charge is 2.39. The molecule has 1 fully saturated rings. The first-order valence-corrected chi connectivity index (χ1v) is 9.36. The molecule has 1 rings (SSSR count). The first kappa shape index (κ1) is 18.9. The van der Waals surface area contributed by atoms with Gasteiger partial charge in [0.25, 0.3) is 0 Å². The van der Waals surface area contributed by atoms with Gasteiger partial charge in [-0.25, -0.2) is 8.42 Å². The molecule has 0 saturated carbocycles. The maximum absolute atomic E-state index is 12.4. The van der Waals surface area contributed by atoms with Crippen molar-refractivity contribution in [2.24, 2.45) is 0 Å². The normalized spacial score (nSPS) is 19.3. The van der Waals surface area contributed by atoms with Gasteiger partial charge in [-0.05, 0) is 25.7 Å². The van der Waals surface area contributed by atoms with E-state index < -0.39 is 22.0 Å². The molecular formula is C14H26N2O5S. The predicted molar refractivity (Wildman–Crippen MR) is 82.9 cm³/mol. The number of sulfonamides is 1. The van der Waals surface area contributed by atoms with Gasteiger partial charge in [0.05, 0.1) is 5.75 Å². The Morgan fingerprint density at radius 3 is 2.59 bits per heavy atom. The van der Waals surface area contributed by atoms with Gasteiger partial charge in [0.2, 0.25) is 15.9 Å². The van der Waals surface area contributed by atoms with Crippen LogP contribution in [0, 0.1) is 0 Å². The average Bonchev–Trinajstić information content (AvgIpc) is 2.94. The van der Waals surface area contributed by atoms with Crippen molar-refractivity contribution in [2.45, 2.75) is 51.5 Å². The maximum atomic E-state index is 12.4. The molecule has 1 aliphatic heterocycles. The van der Waals surface area contributed by atoms with E-state index >= 15 is 0 Å². The van der Waals surface area contributed by atoms with Gasteiger partial charge >= 0.3 is 5.97 Å². The van der Waals surface area contributed by atoms with Crippen molar-refractivity contribution in [3.05, 3.63) is 0 Å². The van der Waals surface area contributed by atoms with E-state index in [1.807, 2.05) is 6.92 Å². The van der Waals surface area contributed by atoms with Crippen LogP contribution in [-0.2, 0) is 19.6 Å². The summed E-state index contributed by atoms with van der Waals surface area (Å²) in [6.45, 7) is 2.65. The summed E-state index contributed by atoms with van der Waals surface area (Å²) in [4.78, 5) is 24.4. The van der Waals surface area contributed by atoms with E-state index in [0.717, 1.165) is 6.42 Å². The van der Waals surface area contributed by atoms with Crippen molar-refractivity contribution >= 4 is 21.9 Å². The van der Waals surface area contributed by atoms with Crippen LogP contribution < -0.4 is 0 Å².